The minimum Gasteiger partial charge on any atom is -0.497 e. The van der Waals surface area contributed by atoms with Crippen LogP contribution in [0.15, 0.2) is 66.9 Å². The fraction of sp³-hybridized carbons (Fsp3) is 0.174. The van der Waals surface area contributed by atoms with E-state index in [-0.39, 0.29) is 5.97 Å². The predicted molar refractivity (Wildman–Crippen MR) is 111 cm³/mol. The van der Waals surface area contributed by atoms with Crippen LogP contribution < -0.4 is 4.74 Å². The molecule has 2 aromatic heterocycles. The maximum absolute atomic E-state index is 12.6. The smallest absolute Gasteiger partial charge is 0.339 e. The summed E-state index contributed by atoms with van der Waals surface area (Å²) in [5, 5.41) is 5.16. The van der Waals surface area contributed by atoms with Gasteiger partial charge in [0.2, 0.25) is 0 Å². The molecular formula is C23H21N3O3. The number of rotatable bonds is 6. The van der Waals surface area contributed by atoms with E-state index in [1.165, 1.54) is 0 Å². The molecule has 0 N–H and O–H groups in total. The molecule has 6 nitrogen and oxygen atoms in total. The topological polar surface area (TPSA) is 66.2 Å². The molecule has 0 aliphatic rings. The molecule has 2 aromatic carbocycles. The van der Waals surface area contributed by atoms with E-state index in [0.29, 0.717) is 35.4 Å². The van der Waals surface area contributed by atoms with E-state index in [0.717, 1.165) is 16.9 Å². The summed E-state index contributed by atoms with van der Waals surface area (Å²) >= 11 is 0. The third-order valence-electron chi connectivity index (χ3n) is 4.67. The van der Waals surface area contributed by atoms with Gasteiger partial charge in [0.1, 0.15) is 5.75 Å². The Labute approximate surface area is 168 Å². The molecule has 0 fully saturated rings. The van der Waals surface area contributed by atoms with E-state index >= 15 is 0 Å². The lowest BCUT2D eigenvalue weighted by atomic mass is 10.1. The number of aromatic nitrogens is 3. The molecule has 4 rings (SSSR count). The second kappa shape index (κ2) is 8.14. The lowest BCUT2D eigenvalue weighted by Crippen LogP contribution is -2.08. The number of ether oxygens (including phenoxy) is 2. The van der Waals surface area contributed by atoms with E-state index in [1.807, 2.05) is 54.6 Å². The predicted octanol–water partition coefficient (Wildman–Crippen LogP) is 4.33. The van der Waals surface area contributed by atoms with Gasteiger partial charge in [-0.3, -0.25) is 0 Å². The van der Waals surface area contributed by atoms with Crippen molar-refractivity contribution in [2.45, 2.75) is 13.5 Å². The van der Waals surface area contributed by atoms with Crippen molar-refractivity contribution in [3.05, 3.63) is 78.0 Å². The van der Waals surface area contributed by atoms with Gasteiger partial charge in [-0.25, -0.2) is 14.5 Å². The third kappa shape index (κ3) is 3.82. The molecule has 0 amide bonds. The molecule has 2 heterocycles. The highest BCUT2D eigenvalue weighted by Crippen LogP contribution is 2.26. The fourth-order valence-electron chi connectivity index (χ4n) is 3.20. The SMILES string of the molecule is CCOC(=O)c1cc(-c2ccccc2)nc2c1cnn2Cc1ccc(OC)cc1. The van der Waals surface area contributed by atoms with Crippen LogP contribution in [0, 0.1) is 0 Å². The van der Waals surface area contributed by atoms with E-state index in [1.54, 1.807) is 31.0 Å². The first-order chi connectivity index (χ1) is 14.2. The molecule has 0 bridgehead atoms. The molecule has 0 spiro atoms. The Hall–Kier alpha value is -3.67. The van der Waals surface area contributed by atoms with Gasteiger partial charge in [0.15, 0.2) is 5.65 Å². The monoisotopic (exact) mass is 387 g/mol. The Morgan fingerprint density at radius 3 is 2.52 bits per heavy atom. The van der Waals surface area contributed by atoms with Crippen LogP contribution >= 0.6 is 0 Å². The van der Waals surface area contributed by atoms with Crippen LogP contribution in [-0.2, 0) is 11.3 Å². The average Bonchev–Trinajstić information content (AvgIpc) is 3.17. The van der Waals surface area contributed by atoms with Crippen molar-refractivity contribution in [3.63, 3.8) is 0 Å². The van der Waals surface area contributed by atoms with Crippen LogP contribution in [-0.4, -0.2) is 34.5 Å². The van der Waals surface area contributed by atoms with E-state index in [2.05, 4.69) is 5.10 Å². The van der Waals surface area contributed by atoms with Gasteiger partial charge in [0, 0.05) is 5.56 Å². The van der Waals surface area contributed by atoms with Crippen LogP contribution in [0.2, 0.25) is 0 Å². The van der Waals surface area contributed by atoms with Gasteiger partial charge in [-0.2, -0.15) is 5.10 Å². The first-order valence-corrected chi connectivity index (χ1v) is 9.41. The molecule has 0 atom stereocenters. The van der Waals surface area contributed by atoms with Crippen molar-refractivity contribution in [3.8, 4) is 17.0 Å². The molecule has 0 saturated heterocycles. The molecule has 0 aliphatic carbocycles. The minimum absolute atomic E-state index is 0.309. The first-order valence-electron chi connectivity index (χ1n) is 9.41. The van der Waals surface area contributed by atoms with Crippen LogP contribution in [0.5, 0.6) is 5.75 Å². The third-order valence-corrected chi connectivity index (χ3v) is 4.67. The van der Waals surface area contributed by atoms with Crippen molar-refractivity contribution < 1.29 is 14.3 Å². The second-order valence-electron chi connectivity index (χ2n) is 6.53. The van der Waals surface area contributed by atoms with E-state index in [4.69, 9.17) is 14.5 Å². The maximum atomic E-state index is 12.6. The Balaban J connectivity index is 1.81. The molecule has 0 unspecified atom stereocenters. The Kier molecular flexibility index (Phi) is 5.24. The van der Waals surface area contributed by atoms with Gasteiger partial charge in [-0.15, -0.1) is 0 Å². The quantitative estimate of drug-likeness (QED) is 0.461. The number of benzene rings is 2. The number of fused-ring (bicyclic) bond motifs is 1. The molecule has 0 aliphatic heterocycles. The summed E-state index contributed by atoms with van der Waals surface area (Å²) in [4.78, 5) is 17.4. The lowest BCUT2D eigenvalue weighted by molar-refractivity contribution is 0.0528. The summed E-state index contributed by atoms with van der Waals surface area (Å²) in [6, 6.07) is 19.3. The van der Waals surface area contributed by atoms with Crippen molar-refractivity contribution in [1.82, 2.24) is 14.8 Å². The van der Waals surface area contributed by atoms with E-state index in [9.17, 15) is 4.79 Å². The number of esters is 1. The number of hydrogen-bond donors (Lipinski definition) is 0. The van der Waals surface area contributed by atoms with Crippen molar-refractivity contribution in [2.24, 2.45) is 0 Å². The molecule has 6 heteroatoms. The van der Waals surface area contributed by atoms with Gasteiger partial charge < -0.3 is 9.47 Å². The van der Waals surface area contributed by atoms with Crippen LogP contribution in [0.1, 0.15) is 22.8 Å². The standard InChI is InChI=1S/C23H21N3O3/c1-3-29-23(27)19-13-21(17-7-5-4-6-8-17)25-22-20(19)14-24-26(22)15-16-9-11-18(28-2)12-10-16/h4-14H,3,15H2,1-2H3. The largest absolute Gasteiger partial charge is 0.497 e. The van der Waals surface area contributed by atoms with Crippen LogP contribution in [0.4, 0.5) is 0 Å². The Morgan fingerprint density at radius 1 is 1.07 bits per heavy atom. The Bertz CT molecular complexity index is 1140. The molecule has 0 saturated carbocycles. The highest BCUT2D eigenvalue weighted by Gasteiger charge is 2.18. The van der Waals surface area contributed by atoms with Gasteiger partial charge in [-0.05, 0) is 30.7 Å². The summed E-state index contributed by atoms with van der Waals surface area (Å²) in [5.74, 6) is 0.425. The lowest BCUT2D eigenvalue weighted by Gasteiger charge is -2.09. The van der Waals surface area contributed by atoms with E-state index < -0.39 is 0 Å². The molecular weight excluding hydrogens is 366 g/mol. The van der Waals surface area contributed by atoms with Gasteiger partial charge >= 0.3 is 5.97 Å². The molecule has 29 heavy (non-hydrogen) atoms. The summed E-state index contributed by atoms with van der Waals surface area (Å²) in [5.41, 5.74) is 3.80. The summed E-state index contributed by atoms with van der Waals surface area (Å²) in [6.07, 6.45) is 1.67. The average molecular weight is 387 g/mol. The first kappa shape index (κ1) is 18.7. The number of nitrogens with zero attached hydrogens (tertiary/aromatic N) is 3. The van der Waals surface area contributed by atoms with Crippen molar-refractivity contribution >= 4 is 17.0 Å². The van der Waals surface area contributed by atoms with Crippen LogP contribution in [0.25, 0.3) is 22.3 Å². The zero-order valence-corrected chi connectivity index (χ0v) is 16.3. The summed E-state index contributed by atoms with van der Waals surface area (Å²) in [7, 11) is 1.64. The van der Waals surface area contributed by atoms with Gasteiger partial charge in [-0.1, -0.05) is 42.5 Å². The number of methoxy groups -OCH3 is 1. The van der Waals surface area contributed by atoms with Gasteiger partial charge in [0.25, 0.3) is 0 Å². The van der Waals surface area contributed by atoms with Crippen molar-refractivity contribution in [2.75, 3.05) is 13.7 Å². The second-order valence-corrected chi connectivity index (χ2v) is 6.53. The zero-order valence-electron chi connectivity index (χ0n) is 16.3. The zero-order chi connectivity index (χ0) is 20.2. The molecule has 0 radical (unpaired) electrons. The minimum atomic E-state index is -0.374. The number of carbonyl (C=O) groups is 1. The number of pyridine rings is 1. The van der Waals surface area contributed by atoms with Gasteiger partial charge in [0.05, 0.1) is 43.1 Å². The van der Waals surface area contributed by atoms with Crippen molar-refractivity contribution in [1.29, 1.82) is 0 Å². The van der Waals surface area contributed by atoms with Crippen LogP contribution in [0.3, 0.4) is 0 Å². The molecule has 146 valence electrons. The summed E-state index contributed by atoms with van der Waals surface area (Å²) < 4.78 is 12.3. The summed E-state index contributed by atoms with van der Waals surface area (Å²) in [6.45, 7) is 2.63. The maximum Gasteiger partial charge on any atom is 0.339 e. The normalized spacial score (nSPS) is 10.8. The fourth-order valence-corrected chi connectivity index (χ4v) is 3.20. The highest BCUT2D eigenvalue weighted by atomic mass is 16.5. The number of hydrogen-bond acceptors (Lipinski definition) is 5. The highest BCUT2D eigenvalue weighted by molar-refractivity contribution is 6.03. The number of carbonyl (C=O) groups excluding carboxylic acids is 1. The molecule has 4 aromatic rings. The Morgan fingerprint density at radius 2 is 1.83 bits per heavy atom.